The van der Waals surface area contributed by atoms with E-state index in [0.717, 1.165) is 23.2 Å². The standard InChI is InChI=1S/C18H24N4O2.ClH/c1-12(23)14-5-3-13(4-6-14)7-20-18(24)17-10-19-9-16(17)15-8-21-22(2)11-15;/h3-6,8,11-12,16-17,19,23H,7,9-10H2,1-2H3,(H,20,24);1H/t12?,16-,17+;/m1./s1. The van der Waals surface area contributed by atoms with Crippen LogP contribution in [0.25, 0.3) is 0 Å². The fourth-order valence-corrected chi connectivity index (χ4v) is 3.17. The van der Waals surface area contributed by atoms with Gasteiger partial charge in [0.05, 0.1) is 18.2 Å². The van der Waals surface area contributed by atoms with Crippen LogP contribution in [0.1, 0.15) is 35.6 Å². The van der Waals surface area contributed by atoms with E-state index in [1.165, 1.54) is 0 Å². The normalized spacial score (nSPS) is 20.8. The molecule has 0 radical (unpaired) electrons. The van der Waals surface area contributed by atoms with Crippen molar-refractivity contribution in [1.82, 2.24) is 20.4 Å². The lowest BCUT2D eigenvalue weighted by Gasteiger charge is -2.17. The molecule has 7 heteroatoms. The van der Waals surface area contributed by atoms with E-state index in [0.29, 0.717) is 13.1 Å². The van der Waals surface area contributed by atoms with Crippen molar-refractivity contribution >= 4 is 18.3 Å². The third kappa shape index (κ3) is 4.60. The van der Waals surface area contributed by atoms with Gasteiger partial charge in [0.2, 0.25) is 5.91 Å². The second-order valence-corrected chi connectivity index (χ2v) is 6.45. The minimum Gasteiger partial charge on any atom is -0.389 e. The van der Waals surface area contributed by atoms with E-state index >= 15 is 0 Å². The zero-order chi connectivity index (χ0) is 17.1. The first-order chi connectivity index (χ1) is 11.5. The van der Waals surface area contributed by atoms with Gasteiger partial charge in [0.1, 0.15) is 0 Å². The number of hydrogen-bond donors (Lipinski definition) is 3. The monoisotopic (exact) mass is 364 g/mol. The Morgan fingerprint density at radius 1 is 1.40 bits per heavy atom. The predicted octanol–water partition coefficient (Wildman–Crippen LogP) is 1.51. The minimum absolute atomic E-state index is 0. The highest BCUT2D eigenvalue weighted by Crippen LogP contribution is 2.28. The van der Waals surface area contributed by atoms with Crippen LogP contribution < -0.4 is 10.6 Å². The maximum atomic E-state index is 12.6. The quantitative estimate of drug-likeness (QED) is 0.751. The molecule has 0 aliphatic carbocycles. The Kier molecular flexibility index (Phi) is 6.58. The molecule has 1 aromatic carbocycles. The van der Waals surface area contributed by atoms with E-state index in [1.54, 1.807) is 11.6 Å². The van der Waals surface area contributed by atoms with Crippen molar-refractivity contribution in [2.75, 3.05) is 13.1 Å². The molecule has 6 nitrogen and oxygen atoms in total. The van der Waals surface area contributed by atoms with E-state index in [4.69, 9.17) is 0 Å². The Balaban J connectivity index is 0.00000225. The summed E-state index contributed by atoms with van der Waals surface area (Å²) < 4.78 is 1.77. The van der Waals surface area contributed by atoms with Crippen molar-refractivity contribution in [3.8, 4) is 0 Å². The first-order valence-electron chi connectivity index (χ1n) is 8.28. The number of rotatable bonds is 5. The fourth-order valence-electron chi connectivity index (χ4n) is 3.17. The first kappa shape index (κ1) is 19.4. The van der Waals surface area contributed by atoms with Gasteiger partial charge in [-0.1, -0.05) is 24.3 Å². The lowest BCUT2D eigenvalue weighted by Crippen LogP contribution is -2.33. The summed E-state index contributed by atoms with van der Waals surface area (Å²) in [5.74, 6) is 0.149. The Hall–Kier alpha value is -1.89. The molecule has 1 aromatic heterocycles. The Labute approximate surface area is 154 Å². The Morgan fingerprint density at radius 3 is 2.72 bits per heavy atom. The second-order valence-electron chi connectivity index (χ2n) is 6.45. The fraction of sp³-hybridized carbons (Fsp3) is 0.444. The number of carbonyl (C=O) groups is 1. The van der Waals surface area contributed by atoms with Gasteiger partial charge in [-0.2, -0.15) is 5.10 Å². The lowest BCUT2D eigenvalue weighted by atomic mass is 9.90. The molecule has 3 atom stereocenters. The van der Waals surface area contributed by atoms with Crippen LogP contribution in [0, 0.1) is 5.92 Å². The molecule has 2 heterocycles. The molecular formula is C18H25ClN4O2. The van der Waals surface area contributed by atoms with E-state index in [9.17, 15) is 9.90 Å². The highest BCUT2D eigenvalue weighted by atomic mass is 35.5. The van der Waals surface area contributed by atoms with Gasteiger partial charge in [-0.3, -0.25) is 9.48 Å². The summed E-state index contributed by atoms with van der Waals surface area (Å²) in [6.07, 6.45) is 3.35. The first-order valence-corrected chi connectivity index (χ1v) is 8.28. The highest BCUT2D eigenvalue weighted by Gasteiger charge is 2.34. The molecule has 1 unspecified atom stereocenters. The molecule has 1 saturated heterocycles. The van der Waals surface area contributed by atoms with Gasteiger partial charge < -0.3 is 15.7 Å². The number of benzene rings is 1. The van der Waals surface area contributed by atoms with Crippen molar-refractivity contribution in [2.45, 2.75) is 25.5 Å². The van der Waals surface area contributed by atoms with E-state index in [2.05, 4.69) is 15.7 Å². The number of hydrogen-bond acceptors (Lipinski definition) is 4. The molecule has 0 spiro atoms. The summed E-state index contributed by atoms with van der Waals surface area (Å²) in [7, 11) is 1.89. The van der Waals surface area contributed by atoms with Crippen LogP contribution in [0.4, 0.5) is 0 Å². The number of amides is 1. The van der Waals surface area contributed by atoms with Gasteiger partial charge >= 0.3 is 0 Å². The lowest BCUT2D eigenvalue weighted by molar-refractivity contribution is -0.125. The summed E-state index contributed by atoms with van der Waals surface area (Å²) in [6, 6.07) is 7.66. The molecule has 2 aromatic rings. The molecule has 136 valence electrons. The maximum absolute atomic E-state index is 12.6. The topological polar surface area (TPSA) is 79.2 Å². The number of nitrogens with zero attached hydrogens (tertiary/aromatic N) is 2. The number of carbonyl (C=O) groups excluding carboxylic acids is 1. The van der Waals surface area contributed by atoms with Gasteiger partial charge in [-0.15, -0.1) is 12.4 Å². The predicted molar refractivity (Wildman–Crippen MR) is 98.5 cm³/mol. The minimum atomic E-state index is -0.474. The third-order valence-corrected chi connectivity index (χ3v) is 4.63. The largest absolute Gasteiger partial charge is 0.389 e. The van der Waals surface area contributed by atoms with Crippen molar-refractivity contribution in [3.63, 3.8) is 0 Å². The summed E-state index contributed by atoms with van der Waals surface area (Å²) in [5.41, 5.74) is 3.00. The molecule has 3 N–H and O–H groups in total. The van der Waals surface area contributed by atoms with Crippen molar-refractivity contribution in [2.24, 2.45) is 13.0 Å². The van der Waals surface area contributed by atoms with Crippen LogP contribution in [0.5, 0.6) is 0 Å². The summed E-state index contributed by atoms with van der Waals surface area (Å²) in [6.45, 7) is 3.72. The van der Waals surface area contributed by atoms with Crippen LogP contribution >= 0.6 is 12.4 Å². The Bertz CT molecular complexity index is 699. The molecule has 0 bridgehead atoms. The average molecular weight is 365 g/mol. The molecule has 1 fully saturated rings. The third-order valence-electron chi connectivity index (χ3n) is 4.63. The summed E-state index contributed by atoms with van der Waals surface area (Å²) in [5, 5.41) is 20.1. The van der Waals surface area contributed by atoms with Crippen LogP contribution in [0.2, 0.25) is 0 Å². The van der Waals surface area contributed by atoms with Gasteiger partial charge in [0.15, 0.2) is 0 Å². The smallest absolute Gasteiger partial charge is 0.225 e. The van der Waals surface area contributed by atoms with Crippen molar-refractivity contribution in [3.05, 3.63) is 53.3 Å². The summed E-state index contributed by atoms with van der Waals surface area (Å²) in [4.78, 5) is 12.6. The van der Waals surface area contributed by atoms with E-state index in [1.807, 2.05) is 43.7 Å². The average Bonchev–Trinajstić information content (AvgIpc) is 3.21. The van der Waals surface area contributed by atoms with Crippen LogP contribution in [-0.4, -0.2) is 33.9 Å². The number of aliphatic hydroxyl groups excluding tert-OH is 1. The molecule has 3 rings (SSSR count). The molecule has 1 amide bonds. The zero-order valence-corrected chi connectivity index (χ0v) is 15.3. The van der Waals surface area contributed by atoms with Crippen LogP contribution in [0.15, 0.2) is 36.7 Å². The summed E-state index contributed by atoms with van der Waals surface area (Å²) >= 11 is 0. The number of nitrogens with one attached hydrogen (secondary N) is 2. The van der Waals surface area contributed by atoms with Crippen molar-refractivity contribution in [1.29, 1.82) is 0 Å². The van der Waals surface area contributed by atoms with Crippen molar-refractivity contribution < 1.29 is 9.90 Å². The van der Waals surface area contributed by atoms with Crippen LogP contribution in [-0.2, 0) is 18.4 Å². The number of aliphatic hydroxyl groups is 1. The Morgan fingerprint density at radius 2 is 2.12 bits per heavy atom. The molecule has 25 heavy (non-hydrogen) atoms. The van der Waals surface area contributed by atoms with Gasteiger partial charge in [-0.25, -0.2) is 0 Å². The molecule has 1 aliphatic rings. The molecule has 0 saturated carbocycles. The number of aryl methyl sites for hydroxylation is 1. The van der Waals surface area contributed by atoms with E-state index in [-0.39, 0.29) is 30.2 Å². The van der Waals surface area contributed by atoms with Crippen LogP contribution in [0.3, 0.4) is 0 Å². The SMILES string of the molecule is CC(O)c1ccc(CNC(=O)[C@H]2CNC[C@@H]2c2cnn(C)c2)cc1.Cl. The number of aromatic nitrogens is 2. The maximum Gasteiger partial charge on any atom is 0.225 e. The zero-order valence-electron chi connectivity index (χ0n) is 14.5. The van der Waals surface area contributed by atoms with Gasteiger partial charge in [0, 0.05) is 38.8 Å². The van der Waals surface area contributed by atoms with E-state index < -0.39 is 6.10 Å². The van der Waals surface area contributed by atoms with Gasteiger partial charge in [0.25, 0.3) is 0 Å². The second kappa shape index (κ2) is 8.47. The van der Waals surface area contributed by atoms with Gasteiger partial charge in [-0.05, 0) is 23.6 Å². The number of halogens is 1. The highest BCUT2D eigenvalue weighted by molar-refractivity contribution is 5.85. The molecular weight excluding hydrogens is 340 g/mol. The molecule has 1 aliphatic heterocycles.